The number of likely N-dealkylation sites (tertiary alicyclic amines) is 1. The summed E-state index contributed by atoms with van der Waals surface area (Å²) in [4.78, 5) is 24.6. The SMILES string of the molecule is CC(=O)NNC(=O)CN1CCCC1C1CCCN1. The maximum Gasteiger partial charge on any atom is 0.252 e. The number of carbonyl (C=O) groups is 2. The minimum absolute atomic E-state index is 0.143. The van der Waals surface area contributed by atoms with Crippen molar-refractivity contribution in [3.8, 4) is 0 Å². The molecule has 2 rings (SSSR count). The van der Waals surface area contributed by atoms with E-state index in [2.05, 4.69) is 21.1 Å². The predicted octanol–water partition coefficient (Wildman–Crippen LogP) is -0.630. The van der Waals surface area contributed by atoms with E-state index in [9.17, 15) is 9.59 Å². The highest BCUT2D eigenvalue weighted by atomic mass is 16.2. The van der Waals surface area contributed by atoms with E-state index in [1.807, 2.05) is 0 Å². The highest BCUT2D eigenvalue weighted by molar-refractivity contribution is 5.82. The third kappa shape index (κ3) is 3.43. The van der Waals surface area contributed by atoms with Crippen molar-refractivity contribution in [2.75, 3.05) is 19.6 Å². The van der Waals surface area contributed by atoms with E-state index in [1.165, 1.54) is 19.8 Å². The van der Waals surface area contributed by atoms with Crippen LogP contribution in [0.3, 0.4) is 0 Å². The normalized spacial score (nSPS) is 28.3. The molecular formula is C12H22N4O2. The molecule has 0 saturated carbocycles. The first kappa shape index (κ1) is 13.3. The Morgan fingerprint density at radius 3 is 2.78 bits per heavy atom. The van der Waals surface area contributed by atoms with Gasteiger partial charge in [0.25, 0.3) is 5.91 Å². The number of amides is 2. The van der Waals surface area contributed by atoms with Gasteiger partial charge >= 0.3 is 0 Å². The largest absolute Gasteiger partial charge is 0.312 e. The Hall–Kier alpha value is -1.14. The van der Waals surface area contributed by atoms with Crippen molar-refractivity contribution in [3.63, 3.8) is 0 Å². The summed E-state index contributed by atoms with van der Waals surface area (Å²) in [6, 6.07) is 0.997. The fourth-order valence-corrected chi connectivity index (χ4v) is 2.93. The fourth-order valence-electron chi connectivity index (χ4n) is 2.93. The Bertz CT molecular complexity index is 315. The van der Waals surface area contributed by atoms with Gasteiger partial charge in [-0.1, -0.05) is 0 Å². The molecule has 2 unspecified atom stereocenters. The number of carbonyl (C=O) groups excluding carboxylic acids is 2. The Morgan fingerprint density at radius 1 is 1.28 bits per heavy atom. The first-order valence-corrected chi connectivity index (χ1v) is 6.69. The summed E-state index contributed by atoms with van der Waals surface area (Å²) >= 11 is 0. The topological polar surface area (TPSA) is 73.5 Å². The van der Waals surface area contributed by atoms with Gasteiger partial charge in [-0.3, -0.25) is 25.3 Å². The second-order valence-electron chi connectivity index (χ2n) is 5.11. The van der Waals surface area contributed by atoms with Gasteiger partial charge in [-0.2, -0.15) is 0 Å². The van der Waals surface area contributed by atoms with Crippen molar-refractivity contribution < 1.29 is 9.59 Å². The molecule has 2 atom stereocenters. The van der Waals surface area contributed by atoms with Gasteiger partial charge in [-0.25, -0.2) is 0 Å². The van der Waals surface area contributed by atoms with E-state index in [0.717, 1.165) is 25.9 Å². The first-order valence-electron chi connectivity index (χ1n) is 6.69. The van der Waals surface area contributed by atoms with Gasteiger partial charge in [0.05, 0.1) is 6.54 Å². The van der Waals surface area contributed by atoms with Crippen LogP contribution in [0.1, 0.15) is 32.6 Å². The number of nitrogens with one attached hydrogen (secondary N) is 3. The van der Waals surface area contributed by atoms with Gasteiger partial charge < -0.3 is 5.32 Å². The lowest BCUT2D eigenvalue weighted by molar-refractivity contribution is -0.128. The van der Waals surface area contributed by atoms with Gasteiger partial charge in [0.2, 0.25) is 5.91 Å². The smallest absolute Gasteiger partial charge is 0.252 e. The Kier molecular flexibility index (Phi) is 4.54. The van der Waals surface area contributed by atoms with E-state index in [0.29, 0.717) is 18.6 Å². The lowest BCUT2D eigenvalue weighted by Crippen LogP contribution is -2.50. The molecule has 2 amide bonds. The van der Waals surface area contributed by atoms with E-state index < -0.39 is 0 Å². The Balaban J connectivity index is 1.80. The molecule has 0 aromatic rings. The molecular weight excluding hydrogens is 232 g/mol. The Morgan fingerprint density at radius 2 is 2.11 bits per heavy atom. The molecule has 0 radical (unpaired) electrons. The van der Waals surface area contributed by atoms with Crippen LogP contribution in [0, 0.1) is 0 Å². The second kappa shape index (κ2) is 6.15. The molecule has 18 heavy (non-hydrogen) atoms. The molecule has 0 bridgehead atoms. The summed E-state index contributed by atoms with van der Waals surface area (Å²) in [6.45, 7) is 3.80. The molecule has 2 aliphatic heterocycles. The van der Waals surface area contributed by atoms with E-state index in [1.54, 1.807) is 0 Å². The fraction of sp³-hybridized carbons (Fsp3) is 0.833. The average molecular weight is 254 g/mol. The summed E-state index contributed by atoms with van der Waals surface area (Å²) < 4.78 is 0. The summed E-state index contributed by atoms with van der Waals surface area (Å²) in [6.07, 6.45) is 4.74. The number of hydrogen-bond acceptors (Lipinski definition) is 4. The van der Waals surface area contributed by atoms with E-state index in [4.69, 9.17) is 0 Å². The van der Waals surface area contributed by atoms with Gasteiger partial charge in [0.1, 0.15) is 0 Å². The molecule has 0 aromatic heterocycles. The number of hydrazine groups is 1. The van der Waals surface area contributed by atoms with Crippen molar-refractivity contribution in [1.29, 1.82) is 0 Å². The first-order chi connectivity index (χ1) is 8.66. The van der Waals surface area contributed by atoms with Crippen molar-refractivity contribution in [2.45, 2.75) is 44.7 Å². The lowest BCUT2D eigenvalue weighted by atomic mass is 10.0. The number of rotatable bonds is 3. The highest BCUT2D eigenvalue weighted by Crippen LogP contribution is 2.24. The summed E-state index contributed by atoms with van der Waals surface area (Å²) in [5.41, 5.74) is 4.74. The number of hydrogen-bond donors (Lipinski definition) is 3. The quantitative estimate of drug-likeness (QED) is 0.586. The van der Waals surface area contributed by atoms with Crippen LogP contribution in [-0.4, -0.2) is 48.4 Å². The van der Waals surface area contributed by atoms with Gasteiger partial charge in [-0.15, -0.1) is 0 Å². The van der Waals surface area contributed by atoms with Crippen molar-refractivity contribution in [1.82, 2.24) is 21.1 Å². The molecule has 6 nitrogen and oxygen atoms in total. The molecule has 2 heterocycles. The maximum absolute atomic E-state index is 11.7. The number of nitrogens with zero attached hydrogens (tertiary/aromatic N) is 1. The third-order valence-electron chi connectivity index (χ3n) is 3.70. The van der Waals surface area contributed by atoms with E-state index in [-0.39, 0.29) is 11.8 Å². The van der Waals surface area contributed by atoms with Gasteiger partial charge in [0.15, 0.2) is 0 Å². The molecule has 102 valence electrons. The lowest BCUT2D eigenvalue weighted by Gasteiger charge is -2.28. The zero-order chi connectivity index (χ0) is 13.0. The summed E-state index contributed by atoms with van der Waals surface area (Å²) in [5, 5.41) is 3.51. The van der Waals surface area contributed by atoms with Crippen LogP contribution >= 0.6 is 0 Å². The van der Waals surface area contributed by atoms with Crippen LogP contribution < -0.4 is 16.2 Å². The molecule has 0 aliphatic carbocycles. The summed E-state index contributed by atoms with van der Waals surface area (Å²) in [7, 11) is 0. The molecule has 0 aromatic carbocycles. The van der Waals surface area contributed by atoms with Crippen LogP contribution in [0.5, 0.6) is 0 Å². The summed E-state index contributed by atoms with van der Waals surface area (Å²) in [5.74, 6) is -0.395. The zero-order valence-corrected chi connectivity index (χ0v) is 10.9. The van der Waals surface area contributed by atoms with Crippen LogP contribution in [0.4, 0.5) is 0 Å². The molecule has 2 saturated heterocycles. The van der Waals surface area contributed by atoms with Crippen LogP contribution in [-0.2, 0) is 9.59 Å². The zero-order valence-electron chi connectivity index (χ0n) is 10.9. The molecule has 2 fully saturated rings. The minimum Gasteiger partial charge on any atom is -0.312 e. The van der Waals surface area contributed by atoms with Crippen LogP contribution in [0.2, 0.25) is 0 Å². The molecule has 3 N–H and O–H groups in total. The average Bonchev–Trinajstić information content (AvgIpc) is 2.95. The molecule has 0 spiro atoms. The maximum atomic E-state index is 11.7. The van der Waals surface area contributed by atoms with Crippen molar-refractivity contribution in [2.24, 2.45) is 0 Å². The van der Waals surface area contributed by atoms with Gasteiger partial charge in [-0.05, 0) is 38.8 Å². The second-order valence-corrected chi connectivity index (χ2v) is 5.11. The van der Waals surface area contributed by atoms with Gasteiger partial charge in [0, 0.05) is 19.0 Å². The predicted molar refractivity (Wildman–Crippen MR) is 67.6 cm³/mol. The minimum atomic E-state index is -0.251. The third-order valence-corrected chi connectivity index (χ3v) is 3.70. The van der Waals surface area contributed by atoms with Crippen LogP contribution in [0.15, 0.2) is 0 Å². The van der Waals surface area contributed by atoms with Crippen molar-refractivity contribution >= 4 is 11.8 Å². The standard InChI is InChI=1S/C12H22N4O2/c1-9(17)14-15-12(18)8-16-7-3-5-11(16)10-4-2-6-13-10/h10-11,13H,2-8H2,1H3,(H,14,17)(H,15,18). The monoisotopic (exact) mass is 254 g/mol. The van der Waals surface area contributed by atoms with Crippen molar-refractivity contribution in [3.05, 3.63) is 0 Å². The van der Waals surface area contributed by atoms with Crippen LogP contribution in [0.25, 0.3) is 0 Å². The Labute approximate surface area is 107 Å². The van der Waals surface area contributed by atoms with E-state index >= 15 is 0 Å². The highest BCUT2D eigenvalue weighted by Gasteiger charge is 2.33. The molecule has 2 aliphatic rings. The molecule has 6 heteroatoms.